The van der Waals surface area contributed by atoms with Gasteiger partial charge in [-0.1, -0.05) is 23.7 Å². The third-order valence-electron chi connectivity index (χ3n) is 4.17. The molecular weight excluding hydrogens is 326 g/mol. The largest absolute Gasteiger partial charge is 0.359 e. The second kappa shape index (κ2) is 7.49. The molecule has 1 amide bonds. The molecule has 0 atom stereocenters. The Balaban J connectivity index is 1.68. The van der Waals surface area contributed by atoms with Crippen molar-refractivity contribution in [3.8, 4) is 0 Å². The van der Waals surface area contributed by atoms with Crippen molar-refractivity contribution < 1.29 is 4.79 Å². The minimum Gasteiger partial charge on any atom is -0.359 e. The van der Waals surface area contributed by atoms with Gasteiger partial charge < -0.3 is 15.5 Å². The first-order chi connectivity index (χ1) is 11.7. The molecular formula is C17H20ClN5O. The third kappa shape index (κ3) is 3.76. The summed E-state index contributed by atoms with van der Waals surface area (Å²) < 4.78 is 0. The molecule has 126 valence electrons. The average Bonchev–Trinajstić information content (AvgIpc) is 2.63. The number of anilines is 3. The molecule has 1 aliphatic rings. The highest BCUT2D eigenvalue weighted by Gasteiger charge is 2.25. The number of aromatic nitrogens is 2. The predicted octanol–water partition coefficient (Wildman–Crippen LogP) is 2.84. The van der Waals surface area contributed by atoms with Gasteiger partial charge in [0.1, 0.15) is 5.82 Å². The molecule has 6 nitrogen and oxygen atoms in total. The summed E-state index contributed by atoms with van der Waals surface area (Å²) in [6.45, 7) is 1.54. The smallest absolute Gasteiger partial charge is 0.227 e. The van der Waals surface area contributed by atoms with Crippen LogP contribution < -0.4 is 15.5 Å². The Bertz CT molecular complexity index is 716. The zero-order valence-electron chi connectivity index (χ0n) is 13.5. The molecule has 3 rings (SSSR count). The SMILES string of the molecule is CNC(=O)C1CCN(c2nccc(Nc3ccccc3Cl)n2)CC1. The number of piperidine rings is 1. The number of halogens is 1. The molecule has 0 bridgehead atoms. The molecule has 1 aliphatic heterocycles. The summed E-state index contributed by atoms with van der Waals surface area (Å²) in [7, 11) is 1.68. The van der Waals surface area contributed by atoms with Crippen LogP contribution in [0.5, 0.6) is 0 Å². The van der Waals surface area contributed by atoms with Gasteiger partial charge in [0.25, 0.3) is 0 Å². The van der Waals surface area contributed by atoms with Crippen LogP contribution in [-0.4, -0.2) is 36.0 Å². The molecule has 24 heavy (non-hydrogen) atoms. The molecule has 0 spiro atoms. The lowest BCUT2D eigenvalue weighted by molar-refractivity contribution is -0.125. The van der Waals surface area contributed by atoms with Gasteiger partial charge in [-0.3, -0.25) is 4.79 Å². The Morgan fingerprint density at radius 3 is 2.71 bits per heavy atom. The van der Waals surface area contributed by atoms with Crippen LogP contribution in [0.25, 0.3) is 0 Å². The van der Waals surface area contributed by atoms with Crippen LogP contribution in [0.4, 0.5) is 17.5 Å². The first kappa shape index (κ1) is 16.5. The summed E-state index contributed by atoms with van der Waals surface area (Å²) in [5.41, 5.74) is 0.808. The van der Waals surface area contributed by atoms with Crippen LogP contribution in [0.15, 0.2) is 36.5 Å². The van der Waals surface area contributed by atoms with Crippen molar-refractivity contribution in [1.29, 1.82) is 0 Å². The Labute approximate surface area is 146 Å². The Hall–Kier alpha value is -2.34. The standard InChI is InChI=1S/C17H20ClN5O/c1-19-16(24)12-7-10-23(11-8-12)17-20-9-6-15(22-17)21-14-5-3-2-4-13(14)18/h2-6,9,12H,7-8,10-11H2,1H3,(H,19,24)(H,20,21,22). The van der Waals surface area contributed by atoms with E-state index in [0.717, 1.165) is 31.6 Å². The van der Waals surface area contributed by atoms with Crippen molar-refractivity contribution >= 4 is 35.0 Å². The number of nitrogens with one attached hydrogen (secondary N) is 2. The fourth-order valence-corrected chi connectivity index (χ4v) is 3.00. The van der Waals surface area contributed by atoms with Crippen molar-refractivity contribution in [2.24, 2.45) is 5.92 Å². The Morgan fingerprint density at radius 2 is 2.00 bits per heavy atom. The molecule has 2 aromatic rings. The van der Waals surface area contributed by atoms with Crippen LogP contribution in [0, 0.1) is 5.92 Å². The van der Waals surface area contributed by atoms with E-state index in [4.69, 9.17) is 11.6 Å². The molecule has 0 saturated carbocycles. The zero-order valence-corrected chi connectivity index (χ0v) is 14.3. The van der Waals surface area contributed by atoms with Crippen LogP contribution in [0.1, 0.15) is 12.8 Å². The van der Waals surface area contributed by atoms with E-state index in [-0.39, 0.29) is 11.8 Å². The first-order valence-corrected chi connectivity index (χ1v) is 8.36. The number of hydrogen-bond donors (Lipinski definition) is 2. The van der Waals surface area contributed by atoms with Crippen molar-refractivity contribution in [3.05, 3.63) is 41.6 Å². The second-order valence-corrected chi connectivity index (χ2v) is 6.13. The van der Waals surface area contributed by atoms with Crippen molar-refractivity contribution in [3.63, 3.8) is 0 Å². The number of hydrogen-bond acceptors (Lipinski definition) is 5. The van der Waals surface area contributed by atoms with Crippen LogP contribution in [0.3, 0.4) is 0 Å². The molecule has 1 fully saturated rings. The van der Waals surface area contributed by atoms with Crippen LogP contribution >= 0.6 is 11.6 Å². The molecule has 2 heterocycles. The summed E-state index contributed by atoms with van der Waals surface area (Å²) in [6, 6.07) is 9.34. The lowest BCUT2D eigenvalue weighted by atomic mass is 9.96. The molecule has 1 aromatic heterocycles. The normalized spacial score (nSPS) is 15.2. The third-order valence-corrected chi connectivity index (χ3v) is 4.50. The predicted molar refractivity (Wildman–Crippen MR) is 95.8 cm³/mol. The maximum atomic E-state index is 11.7. The fraction of sp³-hybridized carbons (Fsp3) is 0.353. The number of para-hydroxylation sites is 1. The van der Waals surface area contributed by atoms with E-state index in [2.05, 4.69) is 25.5 Å². The van der Waals surface area contributed by atoms with Crippen molar-refractivity contribution in [2.75, 3.05) is 30.4 Å². The van der Waals surface area contributed by atoms with Gasteiger partial charge in [0, 0.05) is 32.3 Å². The number of benzene rings is 1. The highest BCUT2D eigenvalue weighted by Crippen LogP contribution is 2.25. The summed E-state index contributed by atoms with van der Waals surface area (Å²) in [6.07, 6.45) is 3.35. The van der Waals surface area contributed by atoms with E-state index < -0.39 is 0 Å². The molecule has 0 aliphatic carbocycles. The number of amides is 1. The molecule has 0 unspecified atom stereocenters. The first-order valence-electron chi connectivity index (χ1n) is 7.98. The van der Waals surface area contributed by atoms with Gasteiger partial charge in [-0.05, 0) is 31.0 Å². The summed E-state index contributed by atoms with van der Waals surface area (Å²) >= 11 is 6.17. The van der Waals surface area contributed by atoms with Gasteiger partial charge in [-0.2, -0.15) is 4.98 Å². The number of rotatable bonds is 4. The number of carbonyl (C=O) groups is 1. The van der Waals surface area contributed by atoms with Crippen molar-refractivity contribution in [1.82, 2.24) is 15.3 Å². The van der Waals surface area contributed by atoms with Gasteiger partial charge in [0.15, 0.2) is 0 Å². The molecule has 7 heteroatoms. The monoisotopic (exact) mass is 345 g/mol. The molecule has 0 radical (unpaired) electrons. The molecule has 2 N–H and O–H groups in total. The minimum atomic E-state index is 0.0793. The fourth-order valence-electron chi connectivity index (χ4n) is 2.82. The summed E-state index contributed by atoms with van der Waals surface area (Å²) in [5.74, 6) is 1.56. The molecule has 1 saturated heterocycles. The lowest BCUT2D eigenvalue weighted by Crippen LogP contribution is -2.40. The van der Waals surface area contributed by atoms with Crippen LogP contribution in [-0.2, 0) is 4.79 Å². The number of nitrogens with zero attached hydrogens (tertiary/aromatic N) is 3. The van der Waals surface area contributed by atoms with Gasteiger partial charge in [-0.25, -0.2) is 4.98 Å². The maximum absolute atomic E-state index is 11.7. The van der Waals surface area contributed by atoms with Gasteiger partial charge in [0.2, 0.25) is 11.9 Å². The highest BCUT2D eigenvalue weighted by molar-refractivity contribution is 6.33. The van der Waals surface area contributed by atoms with Gasteiger partial charge in [0.05, 0.1) is 10.7 Å². The van der Waals surface area contributed by atoms with Gasteiger partial charge in [-0.15, -0.1) is 0 Å². The quantitative estimate of drug-likeness (QED) is 0.891. The summed E-state index contributed by atoms with van der Waals surface area (Å²) in [4.78, 5) is 22.8. The second-order valence-electron chi connectivity index (χ2n) is 5.72. The van der Waals surface area contributed by atoms with E-state index in [0.29, 0.717) is 16.8 Å². The van der Waals surface area contributed by atoms with Crippen molar-refractivity contribution in [2.45, 2.75) is 12.8 Å². The maximum Gasteiger partial charge on any atom is 0.227 e. The van der Waals surface area contributed by atoms with E-state index in [1.165, 1.54) is 0 Å². The lowest BCUT2D eigenvalue weighted by Gasteiger charge is -2.31. The number of carbonyl (C=O) groups excluding carboxylic acids is 1. The van der Waals surface area contributed by atoms with Gasteiger partial charge >= 0.3 is 0 Å². The average molecular weight is 346 g/mol. The highest BCUT2D eigenvalue weighted by atomic mass is 35.5. The Kier molecular flexibility index (Phi) is 5.15. The molecule has 1 aromatic carbocycles. The van der Waals surface area contributed by atoms with E-state index in [9.17, 15) is 4.79 Å². The topological polar surface area (TPSA) is 70.2 Å². The van der Waals surface area contributed by atoms with Crippen LogP contribution in [0.2, 0.25) is 5.02 Å². The van der Waals surface area contributed by atoms with E-state index in [1.807, 2.05) is 30.3 Å². The van der Waals surface area contributed by atoms with E-state index in [1.54, 1.807) is 13.2 Å². The Morgan fingerprint density at radius 1 is 1.25 bits per heavy atom. The minimum absolute atomic E-state index is 0.0793. The van der Waals surface area contributed by atoms with E-state index >= 15 is 0 Å². The summed E-state index contributed by atoms with van der Waals surface area (Å²) in [5, 5.41) is 6.58. The zero-order chi connectivity index (χ0) is 16.9.